The number of hydrogen-bond acceptors (Lipinski definition) is 5. The Morgan fingerprint density at radius 1 is 0.875 bits per heavy atom. The Hall–Kier alpha value is -3.45. The smallest absolute Gasteiger partial charge is 0.143 e. The molecule has 0 saturated carbocycles. The maximum atomic E-state index is 8.73. The normalized spacial score (nSPS) is 11.9. The van der Waals surface area contributed by atoms with Crippen molar-refractivity contribution in [2.75, 3.05) is 20.0 Å². The van der Waals surface area contributed by atoms with Crippen LogP contribution in [0.4, 0.5) is 0 Å². The molecule has 6 heteroatoms. The van der Waals surface area contributed by atoms with Crippen LogP contribution in [0.15, 0.2) is 85.1 Å². The number of nitrogens with two attached hydrogens (primary N) is 1. The number of hydrogen-bond donors (Lipinski definition) is 3. The zero-order valence-corrected chi connectivity index (χ0v) is 17.8. The molecule has 0 bridgehead atoms. The predicted molar refractivity (Wildman–Crippen MR) is 125 cm³/mol. The van der Waals surface area contributed by atoms with Crippen molar-refractivity contribution in [1.82, 2.24) is 9.97 Å². The monoisotopic (exact) mass is 429 g/mol. The zero-order chi connectivity index (χ0) is 22.2. The summed E-state index contributed by atoms with van der Waals surface area (Å²) in [6.07, 6.45) is 2.58. The molecule has 0 aliphatic heterocycles. The van der Waals surface area contributed by atoms with Crippen molar-refractivity contribution in [3.8, 4) is 28.1 Å². The van der Waals surface area contributed by atoms with Crippen molar-refractivity contribution < 1.29 is 14.6 Å². The van der Waals surface area contributed by atoms with Gasteiger partial charge < -0.3 is 25.3 Å². The highest BCUT2D eigenvalue weighted by Gasteiger charge is 2.11. The first-order chi connectivity index (χ1) is 15.7. The topological polar surface area (TPSA) is 93.4 Å². The van der Waals surface area contributed by atoms with E-state index in [0.717, 1.165) is 23.4 Å². The van der Waals surface area contributed by atoms with E-state index in [2.05, 4.69) is 58.5 Å². The second-order valence-electron chi connectivity index (χ2n) is 7.47. The maximum Gasteiger partial charge on any atom is 0.143 e. The van der Waals surface area contributed by atoms with Crippen LogP contribution in [0, 0.1) is 0 Å². The van der Waals surface area contributed by atoms with E-state index in [4.69, 9.17) is 20.3 Å². The van der Waals surface area contributed by atoms with Crippen molar-refractivity contribution in [3.63, 3.8) is 0 Å². The lowest BCUT2D eigenvalue weighted by molar-refractivity contribution is -0.00803. The Morgan fingerprint density at radius 2 is 1.56 bits per heavy atom. The zero-order valence-electron chi connectivity index (χ0n) is 17.8. The van der Waals surface area contributed by atoms with E-state index in [1.807, 2.05) is 30.3 Å². The van der Waals surface area contributed by atoms with Crippen LogP contribution < -0.4 is 10.5 Å². The molecule has 1 atom stereocenters. The van der Waals surface area contributed by atoms with Gasteiger partial charge in [-0.25, -0.2) is 4.98 Å². The third-order valence-corrected chi connectivity index (χ3v) is 5.22. The van der Waals surface area contributed by atoms with Crippen molar-refractivity contribution in [2.24, 2.45) is 5.73 Å². The van der Waals surface area contributed by atoms with Gasteiger partial charge in [0.25, 0.3) is 0 Å². The van der Waals surface area contributed by atoms with Gasteiger partial charge in [-0.2, -0.15) is 0 Å². The van der Waals surface area contributed by atoms with E-state index in [-0.39, 0.29) is 13.4 Å². The molecule has 1 aromatic heterocycles. The largest absolute Gasteiger partial charge is 0.493 e. The number of aliphatic hydroxyl groups is 1. The average Bonchev–Trinajstić information content (AvgIpc) is 3.34. The summed E-state index contributed by atoms with van der Waals surface area (Å²) in [7, 11) is 0. The van der Waals surface area contributed by atoms with Crippen LogP contribution in [0.3, 0.4) is 0 Å². The molecule has 0 saturated heterocycles. The number of nitrogens with zero attached hydrogens (tertiary/aromatic N) is 1. The van der Waals surface area contributed by atoms with Gasteiger partial charge >= 0.3 is 0 Å². The van der Waals surface area contributed by atoms with Crippen molar-refractivity contribution in [1.29, 1.82) is 0 Å². The van der Waals surface area contributed by atoms with Crippen LogP contribution in [-0.4, -0.2) is 35.1 Å². The summed E-state index contributed by atoms with van der Waals surface area (Å²) in [5, 5.41) is 8.73. The number of aromatic amines is 1. The molecule has 0 fully saturated rings. The molecule has 4 aromatic rings. The van der Waals surface area contributed by atoms with Crippen LogP contribution in [0.2, 0.25) is 0 Å². The first-order valence-electron chi connectivity index (χ1n) is 10.6. The van der Waals surface area contributed by atoms with E-state index in [0.29, 0.717) is 12.4 Å². The minimum absolute atomic E-state index is 0.200. The van der Waals surface area contributed by atoms with Gasteiger partial charge in [0.1, 0.15) is 18.4 Å². The minimum atomic E-state index is -0.416. The third kappa shape index (κ3) is 5.62. The fraction of sp³-hybridized carbons (Fsp3) is 0.192. The van der Waals surface area contributed by atoms with Crippen LogP contribution >= 0.6 is 0 Å². The van der Waals surface area contributed by atoms with E-state index < -0.39 is 6.04 Å². The summed E-state index contributed by atoms with van der Waals surface area (Å²) in [6.45, 7) is 0.449. The number of ether oxygens (including phenoxy) is 2. The molecule has 0 amide bonds. The quantitative estimate of drug-likeness (QED) is 0.326. The Bertz CT molecular complexity index is 1090. The maximum absolute atomic E-state index is 8.73. The standard InChI is InChI=1S/C26H27N3O3/c27-24(17-31-18-30)26-28-16-25(29-26)22-10-12-23(13-11-22)32-15-14-19-6-8-21(9-7-19)20-4-2-1-3-5-20/h1-13,16,24,30H,14-15,17-18,27H2,(H,28,29). The summed E-state index contributed by atoms with van der Waals surface area (Å²) < 4.78 is 10.8. The van der Waals surface area contributed by atoms with Crippen LogP contribution in [0.25, 0.3) is 22.4 Å². The lowest BCUT2D eigenvalue weighted by Crippen LogP contribution is -2.18. The third-order valence-electron chi connectivity index (χ3n) is 5.22. The molecule has 4 N–H and O–H groups in total. The molecule has 0 radical (unpaired) electrons. The summed E-state index contributed by atoms with van der Waals surface area (Å²) in [5.74, 6) is 1.44. The Labute approximate surface area is 187 Å². The van der Waals surface area contributed by atoms with Crippen molar-refractivity contribution >= 4 is 0 Å². The molecule has 0 spiro atoms. The van der Waals surface area contributed by atoms with E-state index in [1.54, 1.807) is 6.20 Å². The Morgan fingerprint density at radius 3 is 2.28 bits per heavy atom. The Balaban J connectivity index is 1.28. The lowest BCUT2D eigenvalue weighted by Gasteiger charge is -2.09. The number of aliphatic hydroxyl groups excluding tert-OH is 1. The first kappa shape index (κ1) is 21.8. The molecule has 1 unspecified atom stereocenters. The highest BCUT2D eigenvalue weighted by Crippen LogP contribution is 2.23. The summed E-state index contributed by atoms with van der Waals surface area (Å²) in [4.78, 5) is 7.50. The van der Waals surface area contributed by atoms with Gasteiger partial charge in [-0.05, 0) is 46.5 Å². The molecule has 0 aliphatic rings. The molecule has 0 aliphatic carbocycles. The highest BCUT2D eigenvalue weighted by atomic mass is 16.6. The number of rotatable bonds is 10. The Kier molecular flexibility index (Phi) is 7.30. The molecule has 32 heavy (non-hydrogen) atoms. The molecule has 164 valence electrons. The van der Waals surface area contributed by atoms with Crippen LogP contribution in [0.5, 0.6) is 5.75 Å². The van der Waals surface area contributed by atoms with Crippen LogP contribution in [0.1, 0.15) is 17.4 Å². The van der Waals surface area contributed by atoms with Gasteiger partial charge in [-0.15, -0.1) is 0 Å². The second kappa shape index (κ2) is 10.7. The van der Waals surface area contributed by atoms with E-state index >= 15 is 0 Å². The van der Waals surface area contributed by atoms with Gasteiger partial charge in [-0.3, -0.25) is 0 Å². The van der Waals surface area contributed by atoms with E-state index in [1.165, 1.54) is 16.7 Å². The second-order valence-corrected chi connectivity index (χ2v) is 7.47. The molecule has 6 nitrogen and oxygen atoms in total. The molecular weight excluding hydrogens is 402 g/mol. The van der Waals surface area contributed by atoms with Gasteiger partial charge in [-0.1, -0.05) is 54.6 Å². The van der Waals surface area contributed by atoms with Gasteiger partial charge in [0, 0.05) is 6.42 Å². The van der Waals surface area contributed by atoms with Gasteiger partial charge in [0.05, 0.1) is 31.1 Å². The fourth-order valence-corrected chi connectivity index (χ4v) is 3.44. The highest BCUT2D eigenvalue weighted by molar-refractivity contribution is 5.63. The summed E-state index contributed by atoms with van der Waals surface area (Å²) in [5.41, 5.74) is 11.5. The van der Waals surface area contributed by atoms with E-state index in [9.17, 15) is 0 Å². The number of nitrogens with one attached hydrogen (secondary N) is 1. The first-order valence-corrected chi connectivity index (χ1v) is 10.6. The molecule has 3 aromatic carbocycles. The average molecular weight is 430 g/mol. The number of aromatic nitrogens is 2. The van der Waals surface area contributed by atoms with Crippen molar-refractivity contribution in [3.05, 3.63) is 96.4 Å². The van der Waals surface area contributed by atoms with Gasteiger partial charge in [0.15, 0.2) is 0 Å². The fourth-order valence-electron chi connectivity index (χ4n) is 3.44. The molecule has 4 rings (SSSR count). The summed E-state index contributed by atoms with van der Waals surface area (Å²) in [6, 6.07) is 26.4. The SMILES string of the molecule is NC(COCO)c1ncc(-c2ccc(OCCc3ccc(-c4ccccc4)cc3)cc2)[nH]1. The van der Waals surface area contributed by atoms with Gasteiger partial charge in [0.2, 0.25) is 0 Å². The van der Waals surface area contributed by atoms with Crippen molar-refractivity contribution in [2.45, 2.75) is 12.5 Å². The summed E-state index contributed by atoms with van der Waals surface area (Å²) >= 11 is 0. The lowest BCUT2D eigenvalue weighted by atomic mass is 10.0. The minimum Gasteiger partial charge on any atom is -0.493 e. The molecule has 1 heterocycles. The number of imidazole rings is 1. The number of benzene rings is 3. The molecular formula is C26H27N3O3. The predicted octanol–water partition coefficient (Wildman–Crippen LogP) is 4.33. The number of H-pyrrole nitrogens is 1. The van der Waals surface area contributed by atoms with Crippen LogP contribution in [-0.2, 0) is 11.2 Å².